The summed E-state index contributed by atoms with van der Waals surface area (Å²) in [6.07, 6.45) is 0.870. The standard InChI is InChI=1S/C26H25FN4O2/c1-18-24-22(16-23(28-25(24)33-29-18)20-6-3-2-4-7-20)26(32)31-13-5-12-30(14-15-31)17-19-8-10-21(27)11-9-19/h2-4,6-11,16H,5,12-15,17H2,1H3. The molecule has 6 nitrogen and oxygen atoms in total. The molecule has 168 valence electrons. The fraction of sp³-hybridized carbons (Fsp3) is 0.269. The SMILES string of the molecule is Cc1noc2nc(-c3ccccc3)cc(C(=O)N3CCCN(Cc4ccc(F)cc4)CC3)c12. The van der Waals surface area contributed by atoms with Crippen LogP contribution in [0.5, 0.6) is 0 Å². The number of benzene rings is 2. The number of hydrogen-bond donors (Lipinski definition) is 0. The van der Waals surface area contributed by atoms with E-state index < -0.39 is 0 Å². The molecule has 0 spiro atoms. The topological polar surface area (TPSA) is 62.5 Å². The average molecular weight is 445 g/mol. The fourth-order valence-corrected chi connectivity index (χ4v) is 4.37. The number of carbonyl (C=O) groups is 1. The molecule has 0 aliphatic carbocycles. The third kappa shape index (κ3) is 4.50. The maximum absolute atomic E-state index is 13.7. The van der Waals surface area contributed by atoms with Gasteiger partial charge in [-0.3, -0.25) is 9.69 Å². The molecule has 2 aromatic carbocycles. The number of aromatic nitrogens is 2. The van der Waals surface area contributed by atoms with Gasteiger partial charge in [0.25, 0.3) is 11.6 Å². The van der Waals surface area contributed by atoms with Crippen LogP contribution in [-0.4, -0.2) is 52.0 Å². The summed E-state index contributed by atoms with van der Waals surface area (Å²) in [6.45, 7) is 5.51. The molecule has 2 aromatic heterocycles. The van der Waals surface area contributed by atoms with Gasteiger partial charge in [-0.05, 0) is 37.1 Å². The van der Waals surface area contributed by atoms with Crippen LogP contribution < -0.4 is 0 Å². The van der Waals surface area contributed by atoms with Gasteiger partial charge in [-0.1, -0.05) is 47.6 Å². The smallest absolute Gasteiger partial charge is 0.259 e. The number of pyridine rings is 1. The molecule has 4 aromatic rings. The first-order chi connectivity index (χ1) is 16.1. The summed E-state index contributed by atoms with van der Waals surface area (Å²) in [5.41, 5.74) is 4.29. The van der Waals surface area contributed by atoms with E-state index in [4.69, 9.17) is 4.52 Å². The first-order valence-electron chi connectivity index (χ1n) is 11.2. The van der Waals surface area contributed by atoms with Crippen molar-refractivity contribution in [1.82, 2.24) is 19.9 Å². The van der Waals surface area contributed by atoms with Gasteiger partial charge in [-0.2, -0.15) is 0 Å². The first-order valence-corrected chi connectivity index (χ1v) is 11.2. The van der Waals surface area contributed by atoms with Gasteiger partial charge in [0.2, 0.25) is 0 Å². The lowest BCUT2D eigenvalue weighted by molar-refractivity contribution is 0.0763. The van der Waals surface area contributed by atoms with Gasteiger partial charge in [0.1, 0.15) is 5.82 Å². The van der Waals surface area contributed by atoms with E-state index in [1.807, 2.05) is 60.4 Å². The van der Waals surface area contributed by atoms with Gasteiger partial charge in [0.05, 0.1) is 22.3 Å². The third-order valence-electron chi connectivity index (χ3n) is 6.11. The highest BCUT2D eigenvalue weighted by molar-refractivity contribution is 6.07. The molecular weight excluding hydrogens is 419 g/mol. The quantitative estimate of drug-likeness (QED) is 0.457. The molecule has 0 bridgehead atoms. The Bertz CT molecular complexity index is 1270. The van der Waals surface area contributed by atoms with Crippen molar-refractivity contribution < 1.29 is 13.7 Å². The molecule has 0 saturated carbocycles. The number of amides is 1. The molecular formula is C26H25FN4O2. The van der Waals surface area contributed by atoms with Gasteiger partial charge in [0, 0.05) is 38.3 Å². The second-order valence-electron chi connectivity index (χ2n) is 8.42. The minimum atomic E-state index is -0.228. The van der Waals surface area contributed by atoms with E-state index in [0.29, 0.717) is 41.1 Å². The Morgan fingerprint density at radius 3 is 2.61 bits per heavy atom. The molecule has 1 aliphatic heterocycles. The zero-order valence-electron chi connectivity index (χ0n) is 18.5. The number of rotatable bonds is 4. The predicted molar refractivity (Wildman–Crippen MR) is 124 cm³/mol. The Hall–Kier alpha value is -3.58. The third-order valence-corrected chi connectivity index (χ3v) is 6.11. The van der Waals surface area contributed by atoms with Crippen molar-refractivity contribution in [3.05, 3.63) is 83.3 Å². The van der Waals surface area contributed by atoms with Crippen LogP contribution >= 0.6 is 0 Å². The molecule has 0 unspecified atom stereocenters. The second-order valence-corrected chi connectivity index (χ2v) is 8.42. The van der Waals surface area contributed by atoms with Crippen molar-refractivity contribution in [3.8, 4) is 11.3 Å². The monoisotopic (exact) mass is 444 g/mol. The van der Waals surface area contributed by atoms with E-state index in [0.717, 1.165) is 37.2 Å². The maximum Gasteiger partial charge on any atom is 0.259 e. The van der Waals surface area contributed by atoms with Crippen molar-refractivity contribution in [2.45, 2.75) is 19.9 Å². The Morgan fingerprint density at radius 2 is 1.82 bits per heavy atom. The van der Waals surface area contributed by atoms with Gasteiger partial charge in [-0.25, -0.2) is 9.37 Å². The zero-order chi connectivity index (χ0) is 22.8. The number of halogens is 1. The van der Waals surface area contributed by atoms with E-state index in [1.54, 1.807) is 0 Å². The van der Waals surface area contributed by atoms with Gasteiger partial charge in [0.15, 0.2) is 0 Å². The normalized spacial score (nSPS) is 15.0. The summed E-state index contributed by atoms with van der Waals surface area (Å²) in [5, 5.41) is 4.73. The molecule has 7 heteroatoms. The van der Waals surface area contributed by atoms with Crippen LogP contribution in [0.1, 0.15) is 28.0 Å². The van der Waals surface area contributed by atoms with Gasteiger partial charge in [-0.15, -0.1) is 0 Å². The Kier molecular flexibility index (Phi) is 5.88. The number of fused-ring (bicyclic) bond motifs is 1. The molecule has 1 amide bonds. The lowest BCUT2D eigenvalue weighted by atomic mass is 10.0. The first kappa shape index (κ1) is 21.3. The lowest BCUT2D eigenvalue weighted by Gasteiger charge is -2.22. The lowest BCUT2D eigenvalue weighted by Crippen LogP contribution is -2.35. The second kappa shape index (κ2) is 9.11. The summed E-state index contributed by atoms with van der Waals surface area (Å²) in [4.78, 5) is 22.5. The molecule has 1 saturated heterocycles. The van der Waals surface area contributed by atoms with Crippen LogP contribution in [0.3, 0.4) is 0 Å². The van der Waals surface area contributed by atoms with Crippen molar-refractivity contribution in [3.63, 3.8) is 0 Å². The Labute approximate surface area is 191 Å². The van der Waals surface area contributed by atoms with Crippen LogP contribution in [0.15, 0.2) is 65.2 Å². The summed E-state index contributed by atoms with van der Waals surface area (Å²) in [7, 11) is 0. The van der Waals surface area contributed by atoms with Crippen molar-refractivity contribution in [1.29, 1.82) is 0 Å². The number of carbonyl (C=O) groups excluding carboxylic acids is 1. The van der Waals surface area contributed by atoms with Crippen LogP contribution in [0.2, 0.25) is 0 Å². The summed E-state index contributed by atoms with van der Waals surface area (Å²) < 4.78 is 18.6. The van der Waals surface area contributed by atoms with E-state index >= 15 is 0 Å². The van der Waals surface area contributed by atoms with Crippen LogP contribution in [0, 0.1) is 12.7 Å². The van der Waals surface area contributed by atoms with Gasteiger partial charge < -0.3 is 9.42 Å². The Balaban J connectivity index is 1.39. The average Bonchev–Trinajstić information content (AvgIpc) is 3.06. The Morgan fingerprint density at radius 1 is 1.03 bits per heavy atom. The molecule has 1 aliphatic rings. The van der Waals surface area contributed by atoms with Crippen LogP contribution in [-0.2, 0) is 6.54 Å². The fourth-order valence-electron chi connectivity index (χ4n) is 4.37. The predicted octanol–water partition coefficient (Wildman–Crippen LogP) is 4.69. The molecule has 0 radical (unpaired) electrons. The highest BCUT2D eigenvalue weighted by atomic mass is 19.1. The summed E-state index contributed by atoms with van der Waals surface area (Å²) >= 11 is 0. The largest absolute Gasteiger partial charge is 0.337 e. The number of aryl methyl sites for hydroxylation is 1. The van der Waals surface area contributed by atoms with E-state index in [2.05, 4.69) is 15.0 Å². The summed E-state index contributed by atoms with van der Waals surface area (Å²) in [6, 6.07) is 18.2. The molecule has 3 heterocycles. The van der Waals surface area contributed by atoms with E-state index in [1.165, 1.54) is 12.1 Å². The van der Waals surface area contributed by atoms with E-state index in [9.17, 15) is 9.18 Å². The molecule has 1 fully saturated rings. The molecule has 0 N–H and O–H groups in total. The molecule has 33 heavy (non-hydrogen) atoms. The molecule has 5 rings (SSSR count). The summed E-state index contributed by atoms with van der Waals surface area (Å²) in [5.74, 6) is -0.261. The van der Waals surface area contributed by atoms with Crippen LogP contribution in [0.25, 0.3) is 22.4 Å². The highest BCUT2D eigenvalue weighted by Gasteiger charge is 2.25. The van der Waals surface area contributed by atoms with Gasteiger partial charge >= 0.3 is 0 Å². The van der Waals surface area contributed by atoms with Crippen molar-refractivity contribution in [2.75, 3.05) is 26.2 Å². The van der Waals surface area contributed by atoms with E-state index in [-0.39, 0.29) is 11.7 Å². The minimum absolute atomic E-state index is 0.0329. The molecule has 0 atom stereocenters. The van der Waals surface area contributed by atoms with Crippen molar-refractivity contribution >= 4 is 17.0 Å². The van der Waals surface area contributed by atoms with Crippen molar-refractivity contribution in [2.24, 2.45) is 0 Å². The van der Waals surface area contributed by atoms with Crippen LogP contribution in [0.4, 0.5) is 4.39 Å². The number of hydrogen-bond acceptors (Lipinski definition) is 5. The number of nitrogens with zero attached hydrogens (tertiary/aromatic N) is 4. The zero-order valence-corrected chi connectivity index (χ0v) is 18.5. The minimum Gasteiger partial charge on any atom is -0.337 e. The highest BCUT2D eigenvalue weighted by Crippen LogP contribution is 2.28. The maximum atomic E-state index is 13.7.